The van der Waals surface area contributed by atoms with Gasteiger partial charge in [-0.2, -0.15) is 20.5 Å². The highest BCUT2D eigenvalue weighted by Crippen LogP contribution is 2.32. The van der Waals surface area contributed by atoms with E-state index in [2.05, 4.69) is 20.6 Å². The normalized spacial score (nSPS) is 18.3. The lowest BCUT2D eigenvalue weighted by atomic mass is 10.0. The molecular weight excluding hydrogens is 426 g/mol. The van der Waals surface area contributed by atoms with Crippen LogP contribution >= 0.6 is 11.8 Å². The van der Waals surface area contributed by atoms with Gasteiger partial charge in [-0.15, -0.1) is 5.10 Å². The molecule has 1 aromatic carbocycles. The first-order chi connectivity index (χ1) is 14.9. The van der Waals surface area contributed by atoms with E-state index in [0.717, 1.165) is 30.5 Å². The van der Waals surface area contributed by atoms with Gasteiger partial charge < -0.3 is 14.9 Å². The lowest BCUT2D eigenvalue weighted by Crippen LogP contribution is -2.35. The van der Waals surface area contributed by atoms with E-state index in [1.54, 1.807) is 34.7 Å². The van der Waals surface area contributed by atoms with Crippen LogP contribution < -0.4 is 0 Å². The van der Waals surface area contributed by atoms with E-state index < -0.39 is 12.0 Å². The fourth-order valence-corrected chi connectivity index (χ4v) is 4.19. The predicted molar refractivity (Wildman–Crippen MR) is 114 cm³/mol. The number of aromatic nitrogens is 4. The second kappa shape index (κ2) is 10.7. The van der Waals surface area contributed by atoms with Crippen molar-refractivity contribution >= 4 is 17.8 Å². The van der Waals surface area contributed by atoms with Crippen LogP contribution in [-0.4, -0.2) is 79.6 Å². The number of urea groups is 1. The second-order valence-electron chi connectivity index (χ2n) is 7.35. The summed E-state index contributed by atoms with van der Waals surface area (Å²) in [6.07, 6.45) is 2.31. The molecule has 0 bridgehead atoms. The number of aliphatic hydroxyl groups excluding tert-OH is 1. The van der Waals surface area contributed by atoms with Gasteiger partial charge in [0.25, 0.3) is 0 Å². The van der Waals surface area contributed by atoms with Crippen molar-refractivity contribution < 1.29 is 18.7 Å². The van der Waals surface area contributed by atoms with E-state index in [0.29, 0.717) is 18.8 Å². The maximum atomic E-state index is 14.5. The summed E-state index contributed by atoms with van der Waals surface area (Å²) in [5, 5.41) is 23.6. The number of H-pyrrole nitrogens is 1. The number of carbonyl (C=O) groups is 1. The van der Waals surface area contributed by atoms with Gasteiger partial charge in [0.2, 0.25) is 0 Å². The number of likely N-dealkylation sites (N-methyl/N-ethyl adjacent to an activating group) is 1. The molecule has 1 fully saturated rings. The number of nitrogens with one attached hydrogen (secondary N) is 1. The number of unbranched alkanes of at least 4 members (excludes halogenated alkanes) is 1. The third-order valence-electron chi connectivity index (χ3n) is 5.04. The molecule has 1 unspecified atom stereocenters. The first-order valence-corrected chi connectivity index (χ1v) is 11.2. The number of hydrogen-bond donors (Lipinski definition) is 2. The zero-order valence-electron chi connectivity index (χ0n) is 17.2. The van der Waals surface area contributed by atoms with Crippen LogP contribution in [0, 0.1) is 0 Å². The van der Waals surface area contributed by atoms with Crippen molar-refractivity contribution in [3.05, 3.63) is 53.9 Å². The molecule has 1 aliphatic heterocycles. The summed E-state index contributed by atoms with van der Waals surface area (Å²) in [6.45, 7) is 0.917. The number of rotatable bonds is 11. The Bertz CT molecular complexity index is 853. The fraction of sp³-hybridized carbons (Fsp3) is 0.500. The van der Waals surface area contributed by atoms with Gasteiger partial charge in [0.05, 0.1) is 11.8 Å². The number of aliphatic hydroxyl groups is 1. The molecule has 1 aliphatic rings. The monoisotopic (exact) mass is 452 g/mol. The van der Waals surface area contributed by atoms with Crippen LogP contribution in [0.25, 0.3) is 0 Å². The quantitative estimate of drug-likeness (QED) is 0.402. The minimum absolute atomic E-state index is 0.139. The molecule has 31 heavy (non-hydrogen) atoms. The first-order valence-electron chi connectivity index (χ1n) is 10.0. The number of alkyl halides is 2. The third kappa shape index (κ3) is 6.01. The predicted octanol–water partition coefficient (Wildman–Crippen LogP) is 2.66. The number of tetrazole rings is 1. The Hall–Kier alpha value is -2.53. The number of amides is 2. The van der Waals surface area contributed by atoms with E-state index in [4.69, 9.17) is 0 Å². The summed E-state index contributed by atoms with van der Waals surface area (Å²) in [5.74, 6) is -1.11. The first kappa shape index (κ1) is 23.1. The van der Waals surface area contributed by atoms with E-state index in [-0.39, 0.29) is 17.6 Å². The number of carbonyl (C=O) groups excluding carboxylic acids is 1. The van der Waals surface area contributed by atoms with Crippen molar-refractivity contribution in [1.29, 1.82) is 0 Å². The Morgan fingerprint density at radius 2 is 2.13 bits per heavy atom. The largest absolute Gasteiger partial charge is 0.382 e. The highest BCUT2D eigenvalue weighted by atomic mass is 32.2. The fourth-order valence-electron chi connectivity index (χ4n) is 3.33. The van der Waals surface area contributed by atoms with Gasteiger partial charge in [0.1, 0.15) is 6.10 Å². The van der Waals surface area contributed by atoms with E-state index in [1.165, 1.54) is 30.3 Å². The second-order valence-corrected chi connectivity index (χ2v) is 8.46. The topological polar surface area (TPSA) is 98.2 Å². The lowest BCUT2D eigenvalue weighted by Gasteiger charge is -2.23. The van der Waals surface area contributed by atoms with Gasteiger partial charge in [-0.05, 0) is 29.0 Å². The highest BCUT2D eigenvalue weighted by molar-refractivity contribution is 7.98. The standard InChI is InChI=1S/C20H26F2N6O2S/c1-27-13-16(9-10-17(29)20(21,22)15-7-3-2-4-8-15)28(19(27)30)11-5-6-12-31-14-18-23-25-26-24-18/h2-4,7-10,16-17,29H,5-6,11-14H2,1H3,(H,23,24,25,26)/b10-9+/t16-,17?/m0/s1. The Kier molecular flexibility index (Phi) is 7.97. The molecule has 2 N–H and O–H groups in total. The van der Waals surface area contributed by atoms with E-state index in [9.17, 15) is 18.7 Å². The number of benzene rings is 1. The van der Waals surface area contributed by atoms with Gasteiger partial charge in [-0.1, -0.05) is 42.5 Å². The van der Waals surface area contributed by atoms with Crippen molar-refractivity contribution in [2.45, 2.75) is 36.7 Å². The molecular formula is C20H26F2N6O2S. The summed E-state index contributed by atoms with van der Waals surface area (Å²) in [6, 6.07) is 6.73. The molecule has 11 heteroatoms. The molecule has 1 aromatic heterocycles. The summed E-state index contributed by atoms with van der Waals surface area (Å²) < 4.78 is 29.0. The highest BCUT2D eigenvalue weighted by Gasteiger charge is 2.39. The average Bonchev–Trinajstić information content (AvgIpc) is 3.38. The number of thioether (sulfide) groups is 1. The van der Waals surface area contributed by atoms with Crippen LogP contribution in [0.3, 0.4) is 0 Å². The lowest BCUT2D eigenvalue weighted by molar-refractivity contribution is -0.0929. The van der Waals surface area contributed by atoms with Crippen molar-refractivity contribution in [1.82, 2.24) is 30.4 Å². The molecule has 2 amide bonds. The van der Waals surface area contributed by atoms with Crippen LogP contribution in [0.5, 0.6) is 0 Å². The maximum absolute atomic E-state index is 14.5. The summed E-state index contributed by atoms with van der Waals surface area (Å²) in [5.41, 5.74) is -0.248. The Balaban J connectivity index is 1.50. The van der Waals surface area contributed by atoms with E-state index in [1.807, 2.05) is 0 Å². The molecule has 3 rings (SSSR count). The van der Waals surface area contributed by atoms with Crippen LogP contribution in [0.1, 0.15) is 24.2 Å². The molecule has 0 radical (unpaired) electrons. The van der Waals surface area contributed by atoms with Gasteiger partial charge in [-0.3, -0.25) is 0 Å². The molecule has 0 spiro atoms. The molecule has 2 heterocycles. The number of halogens is 2. The number of hydrogen-bond acceptors (Lipinski definition) is 6. The number of nitrogens with zero attached hydrogens (tertiary/aromatic N) is 5. The molecule has 0 saturated carbocycles. The molecule has 168 valence electrons. The summed E-state index contributed by atoms with van der Waals surface area (Å²) in [4.78, 5) is 15.6. The minimum atomic E-state index is -3.41. The smallest absolute Gasteiger partial charge is 0.320 e. The maximum Gasteiger partial charge on any atom is 0.320 e. The SMILES string of the molecule is CN1C[C@H](/C=C/C(O)C(F)(F)c2ccccc2)N(CCCCSCc2nnn[nH]2)C1=O. The van der Waals surface area contributed by atoms with Crippen LogP contribution in [-0.2, 0) is 11.7 Å². The van der Waals surface area contributed by atoms with Gasteiger partial charge >= 0.3 is 12.0 Å². The Morgan fingerprint density at radius 1 is 1.35 bits per heavy atom. The average molecular weight is 453 g/mol. The Morgan fingerprint density at radius 3 is 2.84 bits per heavy atom. The Labute approximate surface area is 183 Å². The third-order valence-corrected chi connectivity index (χ3v) is 6.10. The van der Waals surface area contributed by atoms with Crippen LogP contribution in [0.2, 0.25) is 0 Å². The van der Waals surface area contributed by atoms with Gasteiger partial charge in [-0.25, -0.2) is 9.89 Å². The molecule has 1 saturated heterocycles. The molecule has 2 atom stereocenters. The van der Waals surface area contributed by atoms with E-state index >= 15 is 0 Å². The van der Waals surface area contributed by atoms with Gasteiger partial charge in [0.15, 0.2) is 5.82 Å². The van der Waals surface area contributed by atoms with Crippen LogP contribution in [0.4, 0.5) is 13.6 Å². The summed E-state index contributed by atoms with van der Waals surface area (Å²) >= 11 is 1.69. The van der Waals surface area contributed by atoms with Gasteiger partial charge in [0, 0.05) is 25.7 Å². The number of aromatic amines is 1. The zero-order valence-corrected chi connectivity index (χ0v) is 18.0. The van der Waals surface area contributed by atoms with Crippen molar-refractivity contribution in [2.24, 2.45) is 0 Å². The van der Waals surface area contributed by atoms with Crippen molar-refractivity contribution in [3.63, 3.8) is 0 Å². The molecule has 0 aliphatic carbocycles. The molecule has 8 nitrogen and oxygen atoms in total. The molecule has 2 aromatic rings. The summed E-state index contributed by atoms with van der Waals surface area (Å²) in [7, 11) is 1.68. The van der Waals surface area contributed by atoms with Crippen molar-refractivity contribution in [2.75, 3.05) is 25.9 Å². The van der Waals surface area contributed by atoms with Crippen molar-refractivity contribution in [3.8, 4) is 0 Å². The van der Waals surface area contributed by atoms with Crippen LogP contribution in [0.15, 0.2) is 42.5 Å². The zero-order chi connectivity index (χ0) is 22.3. The minimum Gasteiger partial charge on any atom is -0.382 e.